The van der Waals surface area contributed by atoms with Crippen molar-refractivity contribution in [1.29, 1.82) is 0 Å². The Morgan fingerprint density at radius 1 is 0.875 bits per heavy atom. The van der Waals surface area contributed by atoms with Crippen LogP contribution in [0.4, 0.5) is 11.4 Å². The first kappa shape index (κ1) is 29.1. The Bertz CT molecular complexity index is 1530. The molecule has 204 valence electrons. The molecule has 0 radical (unpaired) electrons. The van der Waals surface area contributed by atoms with Gasteiger partial charge in [-0.2, -0.15) is 0 Å². The average Bonchev–Trinajstić information content (AvgIpc) is 3.45. The molecule has 0 aliphatic heterocycles. The van der Waals surface area contributed by atoms with Crippen molar-refractivity contribution in [2.24, 2.45) is 0 Å². The van der Waals surface area contributed by atoms with Gasteiger partial charge in [0.2, 0.25) is 5.91 Å². The Morgan fingerprint density at radius 3 is 2.27 bits per heavy atom. The molecule has 40 heavy (non-hydrogen) atoms. The molecule has 0 saturated carbocycles. The number of anilines is 2. The van der Waals surface area contributed by atoms with Crippen LogP contribution in [0.1, 0.15) is 34.6 Å². The van der Waals surface area contributed by atoms with E-state index in [0.717, 1.165) is 15.3 Å². The molecule has 3 aromatic carbocycles. The highest BCUT2D eigenvalue weighted by Gasteiger charge is 2.29. The summed E-state index contributed by atoms with van der Waals surface area (Å²) in [5.41, 5.74) is 2.62. The number of hydrogen-bond donors (Lipinski definition) is 3. The third-order valence-corrected chi connectivity index (χ3v) is 8.34. The first-order chi connectivity index (χ1) is 19.1. The predicted octanol–water partition coefficient (Wildman–Crippen LogP) is 7.63. The molecular weight excluding hydrogens is 562 g/mol. The summed E-state index contributed by atoms with van der Waals surface area (Å²) in [7, 11) is 0. The van der Waals surface area contributed by atoms with Gasteiger partial charge < -0.3 is 16.0 Å². The van der Waals surface area contributed by atoms with Gasteiger partial charge in [-0.05, 0) is 92.4 Å². The Morgan fingerprint density at radius 2 is 1.60 bits per heavy atom. The molecule has 0 aliphatic carbocycles. The third kappa shape index (κ3) is 7.63. The third-order valence-electron chi connectivity index (χ3n) is 5.91. The zero-order valence-corrected chi connectivity index (χ0v) is 24.5. The van der Waals surface area contributed by atoms with Crippen molar-refractivity contribution in [3.63, 3.8) is 0 Å². The molecule has 4 rings (SSSR count). The van der Waals surface area contributed by atoms with Gasteiger partial charge in [0.1, 0.15) is 5.70 Å². The largest absolute Gasteiger partial charge is 0.325 e. The van der Waals surface area contributed by atoms with Gasteiger partial charge in [0.05, 0.1) is 4.75 Å². The van der Waals surface area contributed by atoms with Gasteiger partial charge in [-0.15, -0.1) is 23.1 Å². The highest BCUT2D eigenvalue weighted by Crippen LogP contribution is 2.35. The smallest absolute Gasteiger partial charge is 0.272 e. The molecule has 3 amide bonds. The lowest BCUT2D eigenvalue weighted by Gasteiger charge is -2.24. The van der Waals surface area contributed by atoms with Crippen molar-refractivity contribution in [3.8, 4) is 0 Å². The first-order valence-electron chi connectivity index (χ1n) is 12.4. The second-order valence-electron chi connectivity index (χ2n) is 9.35. The van der Waals surface area contributed by atoms with Gasteiger partial charge in [0.15, 0.2) is 0 Å². The number of benzene rings is 3. The summed E-state index contributed by atoms with van der Waals surface area (Å²) in [6.45, 7) is 5.55. The van der Waals surface area contributed by atoms with Crippen LogP contribution in [0.15, 0.2) is 101 Å². The summed E-state index contributed by atoms with van der Waals surface area (Å²) < 4.78 is -0.780. The minimum absolute atomic E-state index is 0.129. The average molecular weight is 590 g/mol. The highest BCUT2D eigenvalue weighted by molar-refractivity contribution is 8.01. The minimum Gasteiger partial charge on any atom is -0.325 e. The van der Waals surface area contributed by atoms with Crippen molar-refractivity contribution in [3.05, 3.63) is 117 Å². The fourth-order valence-corrected chi connectivity index (χ4v) is 5.46. The molecule has 0 spiro atoms. The molecule has 0 unspecified atom stereocenters. The predicted molar refractivity (Wildman–Crippen MR) is 166 cm³/mol. The topological polar surface area (TPSA) is 87.3 Å². The van der Waals surface area contributed by atoms with Crippen LogP contribution in [0.2, 0.25) is 5.02 Å². The van der Waals surface area contributed by atoms with E-state index in [1.807, 2.05) is 62.5 Å². The number of nitrogens with one attached hydrogen (secondary N) is 3. The lowest BCUT2D eigenvalue weighted by molar-refractivity contribution is -0.117. The summed E-state index contributed by atoms with van der Waals surface area (Å²) in [5.74, 6) is -0.980. The van der Waals surface area contributed by atoms with E-state index in [0.29, 0.717) is 22.0 Å². The van der Waals surface area contributed by atoms with Gasteiger partial charge in [0.25, 0.3) is 11.8 Å². The maximum atomic E-state index is 13.2. The van der Waals surface area contributed by atoms with Crippen molar-refractivity contribution in [2.45, 2.75) is 30.4 Å². The summed E-state index contributed by atoms with van der Waals surface area (Å²) in [5, 5.41) is 11.0. The standard InChI is InChI=1S/C31H28ClN3O3S2/c1-20-25(32)12-7-13-26(20)35-30(38)31(2,3)40-23-16-14-22(15-17-23)33-29(37)27(19-24-11-8-18-39-24)34-28(36)21-9-5-4-6-10-21/h4-19H,1-3H3,(H,33,37)(H,34,36)(H,35,38)/b27-19-. The molecule has 1 aromatic heterocycles. The van der Waals surface area contributed by atoms with Gasteiger partial charge in [0, 0.05) is 31.7 Å². The highest BCUT2D eigenvalue weighted by atomic mass is 35.5. The molecule has 0 fully saturated rings. The van der Waals surface area contributed by atoms with Crippen molar-refractivity contribution in [2.75, 3.05) is 10.6 Å². The number of thiophene rings is 1. The Kier molecular flexibility index (Phi) is 9.47. The molecule has 0 bridgehead atoms. The molecule has 6 nitrogen and oxygen atoms in total. The lowest BCUT2D eigenvalue weighted by atomic mass is 10.1. The Hall–Kier alpha value is -3.85. The summed E-state index contributed by atoms with van der Waals surface area (Å²) >= 11 is 9.05. The van der Waals surface area contributed by atoms with Crippen LogP contribution < -0.4 is 16.0 Å². The van der Waals surface area contributed by atoms with Crippen LogP contribution in [-0.4, -0.2) is 22.5 Å². The number of carbonyl (C=O) groups is 3. The quantitative estimate of drug-likeness (QED) is 0.138. The van der Waals surface area contributed by atoms with E-state index < -0.39 is 10.7 Å². The van der Waals surface area contributed by atoms with E-state index in [-0.39, 0.29) is 17.5 Å². The van der Waals surface area contributed by atoms with E-state index in [9.17, 15) is 14.4 Å². The summed E-state index contributed by atoms with van der Waals surface area (Å²) in [6, 6.07) is 25.1. The van der Waals surface area contributed by atoms with Crippen LogP contribution in [-0.2, 0) is 9.59 Å². The number of amides is 3. The number of halogens is 1. The molecule has 3 N–H and O–H groups in total. The lowest BCUT2D eigenvalue weighted by Crippen LogP contribution is -2.34. The summed E-state index contributed by atoms with van der Waals surface area (Å²) in [6.07, 6.45) is 1.65. The maximum Gasteiger partial charge on any atom is 0.272 e. The minimum atomic E-state index is -0.780. The van der Waals surface area contributed by atoms with Crippen LogP contribution in [0.3, 0.4) is 0 Å². The fourth-order valence-electron chi connectivity index (χ4n) is 3.62. The van der Waals surface area contributed by atoms with Crippen LogP contribution >= 0.6 is 34.7 Å². The molecule has 1 heterocycles. The van der Waals surface area contributed by atoms with Gasteiger partial charge >= 0.3 is 0 Å². The number of hydrogen-bond acceptors (Lipinski definition) is 5. The van der Waals surface area contributed by atoms with E-state index in [1.54, 1.807) is 54.6 Å². The first-order valence-corrected chi connectivity index (χ1v) is 14.5. The van der Waals surface area contributed by atoms with E-state index in [2.05, 4.69) is 16.0 Å². The van der Waals surface area contributed by atoms with Crippen molar-refractivity contribution < 1.29 is 14.4 Å². The number of thioether (sulfide) groups is 1. The second-order valence-corrected chi connectivity index (χ2v) is 12.4. The second kappa shape index (κ2) is 13.0. The number of carbonyl (C=O) groups excluding carboxylic acids is 3. The summed E-state index contributed by atoms with van der Waals surface area (Å²) in [4.78, 5) is 40.7. The van der Waals surface area contributed by atoms with E-state index in [1.165, 1.54) is 23.1 Å². The zero-order valence-electron chi connectivity index (χ0n) is 22.2. The fraction of sp³-hybridized carbons (Fsp3) is 0.129. The normalized spacial score (nSPS) is 11.6. The zero-order chi connectivity index (χ0) is 28.7. The SMILES string of the molecule is Cc1c(Cl)cccc1NC(=O)C(C)(C)Sc1ccc(NC(=O)/C(=C/c2cccs2)NC(=O)c2ccccc2)cc1. The molecule has 9 heteroatoms. The van der Waals surface area contributed by atoms with E-state index >= 15 is 0 Å². The monoisotopic (exact) mass is 589 g/mol. The Labute approximate surface area is 246 Å². The van der Waals surface area contributed by atoms with Crippen LogP contribution in [0, 0.1) is 6.92 Å². The molecule has 0 aliphatic rings. The number of rotatable bonds is 9. The maximum absolute atomic E-state index is 13.2. The van der Waals surface area contributed by atoms with Gasteiger partial charge in [-0.3, -0.25) is 14.4 Å². The molecular formula is C31H28ClN3O3S2. The molecule has 4 aromatic rings. The van der Waals surface area contributed by atoms with Crippen LogP contribution in [0.25, 0.3) is 6.08 Å². The van der Waals surface area contributed by atoms with Gasteiger partial charge in [-0.25, -0.2) is 0 Å². The Balaban J connectivity index is 1.43. The van der Waals surface area contributed by atoms with E-state index in [4.69, 9.17) is 11.6 Å². The molecule has 0 saturated heterocycles. The van der Waals surface area contributed by atoms with Crippen molar-refractivity contribution >= 4 is 69.9 Å². The van der Waals surface area contributed by atoms with Gasteiger partial charge in [-0.1, -0.05) is 41.9 Å². The molecule has 0 atom stereocenters. The van der Waals surface area contributed by atoms with Crippen LogP contribution in [0.5, 0.6) is 0 Å². The van der Waals surface area contributed by atoms with Crippen molar-refractivity contribution in [1.82, 2.24) is 5.32 Å².